The third-order valence-electron chi connectivity index (χ3n) is 6.84. The van der Waals surface area contributed by atoms with Crippen LogP contribution < -0.4 is 0 Å². The van der Waals surface area contributed by atoms with E-state index >= 15 is 0 Å². The van der Waals surface area contributed by atoms with Crippen molar-refractivity contribution < 1.29 is 10.2 Å². The van der Waals surface area contributed by atoms with E-state index in [0.29, 0.717) is 0 Å². The first-order valence-electron chi connectivity index (χ1n) is 9.05. The van der Waals surface area contributed by atoms with Gasteiger partial charge in [-0.1, -0.05) is 51.4 Å². The lowest BCUT2D eigenvalue weighted by Crippen LogP contribution is -2.40. The molecule has 3 fully saturated rings. The fraction of sp³-hybridized carbons (Fsp3) is 1.00. The summed E-state index contributed by atoms with van der Waals surface area (Å²) in [5, 5.41) is 21.0. The quantitative estimate of drug-likeness (QED) is 0.698. The van der Waals surface area contributed by atoms with E-state index in [0.717, 1.165) is 32.1 Å². The SMILES string of the molecule is O[C@@H]1CC23CCCCCCCCCCC2(C1)[C@@H](O)CC3. The predicted molar refractivity (Wildman–Crippen MR) is 81.5 cm³/mol. The fourth-order valence-corrected chi connectivity index (χ4v) is 5.87. The number of hydrogen-bond acceptors (Lipinski definition) is 2. The highest BCUT2D eigenvalue weighted by Gasteiger charge is 2.63. The smallest absolute Gasteiger partial charge is 0.0602 e. The molecule has 4 atom stereocenters. The van der Waals surface area contributed by atoms with Crippen LogP contribution in [0.4, 0.5) is 0 Å². The summed E-state index contributed by atoms with van der Waals surface area (Å²) in [7, 11) is 0. The topological polar surface area (TPSA) is 40.5 Å². The fourth-order valence-electron chi connectivity index (χ4n) is 5.87. The lowest BCUT2D eigenvalue weighted by molar-refractivity contribution is -0.0213. The van der Waals surface area contributed by atoms with E-state index in [2.05, 4.69) is 0 Å². The molecule has 2 heteroatoms. The first-order valence-corrected chi connectivity index (χ1v) is 9.05. The van der Waals surface area contributed by atoms with Gasteiger partial charge in [0, 0.05) is 5.41 Å². The van der Waals surface area contributed by atoms with Gasteiger partial charge in [-0.25, -0.2) is 0 Å². The highest BCUT2D eigenvalue weighted by molar-refractivity contribution is 5.13. The largest absolute Gasteiger partial charge is 0.393 e. The highest BCUT2D eigenvalue weighted by atomic mass is 16.3. The highest BCUT2D eigenvalue weighted by Crippen LogP contribution is 2.67. The first-order chi connectivity index (χ1) is 9.69. The van der Waals surface area contributed by atoms with Crippen LogP contribution in [-0.2, 0) is 0 Å². The molecule has 0 aromatic heterocycles. The average Bonchev–Trinajstić information content (AvgIpc) is 2.82. The van der Waals surface area contributed by atoms with E-state index in [1.807, 2.05) is 0 Å². The van der Waals surface area contributed by atoms with Crippen molar-refractivity contribution in [3.8, 4) is 0 Å². The molecule has 0 heterocycles. The van der Waals surface area contributed by atoms with Gasteiger partial charge >= 0.3 is 0 Å². The molecule has 0 saturated heterocycles. The van der Waals surface area contributed by atoms with Gasteiger partial charge in [0.15, 0.2) is 0 Å². The molecule has 3 saturated carbocycles. The molecule has 116 valence electrons. The standard InChI is InChI=1S/C18H32O2/c19-15-13-17-10-7-5-3-1-2-4-6-8-11-18(17,14-15)16(20)9-12-17/h15-16,19-20H,1-14H2/t15-,16+,17?,18?/m1/s1. The lowest BCUT2D eigenvalue weighted by Gasteiger charge is -2.43. The minimum absolute atomic E-state index is 0.0611. The second-order valence-corrected chi connectivity index (χ2v) is 7.88. The number of aliphatic hydroxyl groups excluding tert-OH is 2. The third kappa shape index (κ3) is 2.43. The second-order valence-electron chi connectivity index (χ2n) is 7.88. The maximum absolute atomic E-state index is 10.7. The molecule has 2 N–H and O–H groups in total. The predicted octanol–water partition coefficient (Wildman–Crippen LogP) is 4.18. The Kier molecular flexibility index (Phi) is 4.42. The summed E-state index contributed by atoms with van der Waals surface area (Å²) in [4.78, 5) is 0. The van der Waals surface area contributed by atoms with E-state index in [9.17, 15) is 10.2 Å². The normalized spacial score (nSPS) is 47.1. The van der Waals surface area contributed by atoms with E-state index in [1.54, 1.807) is 0 Å². The minimum Gasteiger partial charge on any atom is -0.393 e. The van der Waals surface area contributed by atoms with Gasteiger partial charge in [0.1, 0.15) is 0 Å². The van der Waals surface area contributed by atoms with Gasteiger partial charge in [-0.15, -0.1) is 0 Å². The van der Waals surface area contributed by atoms with Crippen molar-refractivity contribution in [2.75, 3.05) is 0 Å². The van der Waals surface area contributed by atoms with Gasteiger partial charge < -0.3 is 10.2 Å². The van der Waals surface area contributed by atoms with Crippen molar-refractivity contribution in [2.45, 2.75) is 102 Å². The lowest BCUT2D eigenvalue weighted by atomic mass is 9.62. The molecule has 2 nitrogen and oxygen atoms in total. The number of hydrogen-bond donors (Lipinski definition) is 2. The second kappa shape index (κ2) is 5.96. The summed E-state index contributed by atoms with van der Waals surface area (Å²) in [6, 6.07) is 0. The van der Waals surface area contributed by atoms with Crippen LogP contribution in [0.5, 0.6) is 0 Å². The number of rotatable bonds is 0. The molecule has 0 aromatic carbocycles. The van der Waals surface area contributed by atoms with Crippen molar-refractivity contribution in [3.05, 3.63) is 0 Å². The van der Waals surface area contributed by atoms with Crippen LogP contribution in [-0.4, -0.2) is 22.4 Å². The molecule has 0 aliphatic heterocycles. The Morgan fingerprint density at radius 1 is 0.650 bits per heavy atom. The van der Waals surface area contributed by atoms with E-state index in [1.165, 1.54) is 57.8 Å². The van der Waals surface area contributed by atoms with E-state index in [4.69, 9.17) is 0 Å². The Balaban J connectivity index is 1.81. The van der Waals surface area contributed by atoms with Crippen LogP contribution in [0.3, 0.4) is 0 Å². The van der Waals surface area contributed by atoms with Crippen LogP contribution in [0, 0.1) is 10.8 Å². The van der Waals surface area contributed by atoms with Crippen LogP contribution in [0.15, 0.2) is 0 Å². The monoisotopic (exact) mass is 280 g/mol. The zero-order chi connectivity index (χ0) is 14.1. The Morgan fingerprint density at radius 3 is 1.95 bits per heavy atom. The third-order valence-corrected chi connectivity index (χ3v) is 6.84. The summed E-state index contributed by atoms with van der Waals surface area (Å²) in [5.74, 6) is 0. The van der Waals surface area contributed by atoms with Crippen LogP contribution in [0.2, 0.25) is 0 Å². The Bertz CT molecular complexity index is 329. The van der Waals surface area contributed by atoms with E-state index < -0.39 is 0 Å². The zero-order valence-electron chi connectivity index (χ0n) is 12.9. The first kappa shape index (κ1) is 14.8. The Labute approximate surface area is 124 Å². The van der Waals surface area contributed by atoms with Crippen molar-refractivity contribution in [3.63, 3.8) is 0 Å². The maximum Gasteiger partial charge on any atom is 0.0602 e. The van der Waals surface area contributed by atoms with Crippen LogP contribution in [0.1, 0.15) is 89.9 Å². The maximum atomic E-state index is 10.7. The van der Waals surface area contributed by atoms with Crippen LogP contribution >= 0.6 is 0 Å². The van der Waals surface area contributed by atoms with Gasteiger partial charge in [-0.2, -0.15) is 0 Å². The molecule has 20 heavy (non-hydrogen) atoms. The van der Waals surface area contributed by atoms with Crippen molar-refractivity contribution >= 4 is 0 Å². The Hall–Kier alpha value is -0.0800. The summed E-state index contributed by atoms with van der Waals surface area (Å²) >= 11 is 0. The zero-order valence-corrected chi connectivity index (χ0v) is 12.9. The summed E-state index contributed by atoms with van der Waals surface area (Å²) in [6.45, 7) is 0. The molecule has 0 amide bonds. The molecule has 2 unspecified atom stereocenters. The summed E-state index contributed by atoms with van der Waals surface area (Å²) < 4.78 is 0. The van der Waals surface area contributed by atoms with Gasteiger partial charge in [-0.3, -0.25) is 0 Å². The average molecular weight is 280 g/mol. The molecular formula is C18H32O2. The molecular weight excluding hydrogens is 248 g/mol. The van der Waals surface area contributed by atoms with Gasteiger partial charge in [0.25, 0.3) is 0 Å². The van der Waals surface area contributed by atoms with Crippen molar-refractivity contribution in [1.29, 1.82) is 0 Å². The molecule has 0 radical (unpaired) electrons. The molecule has 0 aromatic rings. The summed E-state index contributed by atoms with van der Waals surface area (Å²) in [6.07, 6.45) is 16.8. The van der Waals surface area contributed by atoms with Crippen LogP contribution in [0.25, 0.3) is 0 Å². The van der Waals surface area contributed by atoms with Gasteiger partial charge in [0.05, 0.1) is 12.2 Å². The van der Waals surface area contributed by atoms with Crippen molar-refractivity contribution in [2.24, 2.45) is 10.8 Å². The number of aliphatic hydroxyl groups is 2. The van der Waals surface area contributed by atoms with Gasteiger partial charge in [0.2, 0.25) is 0 Å². The molecule has 3 aliphatic rings. The van der Waals surface area contributed by atoms with E-state index in [-0.39, 0.29) is 23.0 Å². The minimum atomic E-state index is -0.157. The summed E-state index contributed by atoms with van der Waals surface area (Å²) in [5.41, 5.74) is 0.330. The molecule has 3 aliphatic carbocycles. The molecule has 0 spiro atoms. The van der Waals surface area contributed by atoms with Crippen molar-refractivity contribution in [1.82, 2.24) is 0 Å². The van der Waals surface area contributed by atoms with Gasteiger partial charge in [-0.05, 0) is 43.9 Å². The molecule has 3 rings (SSSR count). The Morgan fingerprint density at radius 2 is 1.25 bits per heavy atom. The molecule has 0 bridgehead atoms.